The van der Waals surface area contributed by atoms with Crippen molar-refractivity contribution >= 4 is 15.7 Å². The van der Waals surface area contributed by atoms with Crippen LogP contribution in [0.5, 0.6) is 0 Å². The van der Waals surface area contributed by atoms with Gasteiger partial charge in [0.25, 0.3) is 5.56 Å². The molecule has 0 radical (unpaired) electrons. The molecule has 144 valence electrons. The molecule has 0 bridgehead atoms. The quantitative estimate of drug-likeness (QED) is 0.779. The zero-order chi connectivity index (χ0) is 19.6. The number of nitrogens with zero attached hydrogens (tertiary/aromatic N) is 3. The molecule has 1 saturated heterocycles. The van der Waals surface area contributed by atoms with Crippen LogP contribution in [0, 0.1) is 12.7 Å². The molecule has 1 fully saturated rings. The fourth-order valence-corrected chi connectivity index (χ4v) is 4.96. The zero-order valence-corrected chi connectivity index (χ0v) is 15.7. The molecule has 3 rings (SSSR count). The molecule has 0 aliphatic carbocycles. The molecule has 1 atom stereocenters. The van der Waals surface area contributed by atoms with Gasteiger partial charge in [-0.2, -0.15) is 0 Å². The van der Waals surface area contributed by atoms with Crippen LogP contribution in [0.25, 0.3) is 0 Å². The number of benzene rings is 1. The molecule has 1 aromatic carbocycles. The van der Waals surface area contributed by atoms with Gasteiger partial charge in [0.15, 0.2) is 9.84 Å². The van der Waals surface area contributed by atoms with E-state index in [0.717, 1.165) is 0 Å². The van der Waals surface area contributed by atoms with Gasteiger partial charge in [-0.25, -0.2) is 17.8 Å². The molecule has 0 unspecified atom stereocenters. The first-order valence-corrected chi connectivity index (χ1v) is 10.3. The van der Waals surface area contributed by atoms with Gasteiger partial charge < -0.3 is 4.90 Å². The molecule has 27 heavy (non-hydrogen) atoms. The SMILES string of the molecule is Cc1cc(=O)n(CC(=O)N2CC[C@@H](c3ccccc3F)S(=O)(=O)CC2)cn1. The Bertz CT molecular complexity index is 1020. The highest BCUT2D eigenvalue weighted by Crippen LogP contribution is 2.31. The Hall–Kier alpha value is -2.55. The van der Waals surface area contributed by atoms with Crippen molar-refractivity contribution in [1.82, 2.24) is 14.5 Å². The molecule has 1 aromatic heterocycles. The number of carbonyl (C=O) groups is 1. The second-order valence-electron chi connectivity index (χ2n) is 6.54. The van der Waals surface area contributed by atoms with Crippen LogP contribution in [-0.2, 0) is 21.2 Å². The lowest BCUT2D eigenvalue weighted by Crippen LogP contribution is -2.38. The molecule has 2 heterocycles. The van der Waals surface area contributed by atoms with Gasteiger partial charge in [0.1, 0.15) is 12.4 Å². The number of aromatic nitrogens is 2. The van der Waals surface area contributed by atoms with E-state index in [4.69, 9.17) is 0 Å². The van der Waals surface area contributed by atoms with Crippen LogP contribution in [0.15, 0.2) is 41.5 Å². The summed E-state index contributed by atoms with van der Waals surface area (Å²) in [6.45, 7) is 1.65. The first-order valence-electron chi connectivity index (χ1n) is 8.55. The molecule has 0 spiro atoms. The first kappa shape index (κ1) is 19.2. The number of sulfone groups is 1. The summed E-state index contributed by atoms with van der Waals surface area (Å²) in [6.07, 6.45) is 1.41. The Morgan fingerprint density at radius 1 is 1.30 bits per heavy atom. The van der Waals surface area contributed by atoms with E-state index in [1.54, 1.807) is 13.0 Å². The van der Waals surface area contributed by atoms with E-state index in [0.29, 0.717) is 5.69 Å². The molecule has 1 aliphatic rings. The molecule has 1 amide bonds. The van der Waals surface area contributed by atoms with E-state index in [1.165, 1.54) is 40.1 Å². The molecule has 7 nitrogen and oxygen atoms in total. The second-order valence-corrected chi connectivity index (χ2v) is 8.85. The molecule has 9 heteroatoms. The Morgan fingerprint density at radius 3 is 2.74 bits per heavy atom. The third-order valence-corrected chi connectivity index (χ3v) is 6.78. The summed E-state index contributed by atoms with van der Waals surface area (Å²) in [5, 5.41) is -0.986. The fourth-order valence-electron chi connectivity index (χ4n) is 3.16. The molecular weight excluding hydrogens is 373 g/mol. The van der Waals surface area contributed by atoms with Gasteiger partial charge in [0.05, 0.1) is 17.3 Å². The average Bonchev–Trinajstić information content (AvgIpc) is 2.76. The van der Waals surface area contributed by atoms with Gasteiger partial charge in [-0.05, 0) is 19.4 Å². The molecule has 1 aliphatic heterocycles. The average molecular weight is 393 g/mol. The number of hydrogen-bond acceptors (Lipinski definition) is 5. The van der Waals surface area contributed by atoms with Gasteiger partial charge in [0, 0.05) is 30.4 Å². The van der Waals surface area contributed by atoms with E-state index in [9.17, 15) is 22.4 Å². The van der Waals surface area contributed by atoms with Gasteiger partial charge in [-0.1, -0.05) is 18.2 Å². The summed E-state index contributed by atoms with van der Waals surface area (Å²) in [7, 11) is -3.60. The minimum absolute atomic E-state index is 0.0140. The third-order valence-electron chi connectivity index (χ3n) is 4.67. The number of carbonyl (C=O) groups excluding carboxylic acids is 1. The van der Waals surface area contributed by atoms with E-state index in [2.05, 4.69) is 4.98 Å². The summed E-state index contributed by atoms with van der Waals surface area (Å²) < 4.78 is 40.5. The number of halogens is 1. The molecule has 0 saturated carbocycles. The lowest BCUT2D eigenvalue weighted by molar-refractivity contribution is -0.131. The first-order chi connectivity index (χ1) is 12.8. The maximum absolute atomic E-state index is 14.1. The predicted octanol–water partition coefficient (Wildman–Crippen LogP) is 1.08. The maximum atomic E-state index is 14.1. The van der Waals surface area contributed by atoms with Crippen molar-refractivity contribution in [2.45, 2.75) is 25.1 Å². The van der Waals surface area contributed by atoms with Crippen molar-refractivity contribution in [2.75, 3.05) is 18.8 Å². The summed E-state index contributed by atoms with van der Waals surface area (Å²) >= 11 is 0. The van der Waals surface area contributed by atoms with Crippen molar-refractivity contribution in [3.05, 3.63) is 64.1 Å². The summed E-state index contributed by atoms with van der Waals surface area (Å²) in [5.74, 6) is -1.19. The number of aryl methyl sites for hydroxylation is 1. The standard InChI is InChI=1S/C18H20FN3O4S/c1-13-10-17(23)22(12-20-13)11-18(24)21-7-6-16(27(25,26)9-8-21)14-4-2-3-5-15(14)19/h2-5,10,12,16H,6-9,11H2,1H3/t16-/m0/s1. The van der Waals surface area contributed by atoms with Crippen molar-refractivity contribution in [2.24, 2.45) is 0 Å². The van der Waals surface area contributed by atoms with Gasteiger partial charge in [-0.15, -0.1) is 0 Å². The Labute approximate surface area is 156 Å². The summed E-state index contributed by atoms with van der Waals surface area (Å²) in [6, 6.07) is 7.13. The van der Waals surface area contributed by atoms with Gasteiger partial charge in [0.2, 0.25) is 5.91 Å². The highest BCUT2D eigenvalue weighted by atomic mass is 32.2. The van der Waals surface area contributed by atoms with Crippen molar-refractivity contribution in [1.29, 1.82) is 0 Å². The molecule has 2 aromatic rings. The van der Waals surface area contributed by atoms with Crippen LogP contribution in [0.1, 0.15) is 22.9 Å². The minimum Gasteiger partial charge on any atom is -0.340 e. The van der Waals surface area contributed by atoms with Crippen LogP contribution < -0.4 is 5.56 Å². The predicted molar refractivity (Wildman–Crippen MR) is 97.4 cm³/mol. The van der Waals surface area contributed by atoms with E-state index in [-0.39, 0.29) is 48.8 Å². The minimum atomic E-state index is -3.60. The van der Waals surface area contributed by atoms with Crippen LogP contribution in [0.2, 0.25) is 0 Å². The number of amides is 1. The Kier molecular flexibility index (Phi) is 5.41. The third kappa shape index (κ3) is 4.24. The normalized spacial score (nSPS) is 19.5. The van der Waals surface area contributed by atoms with Crippen molar-refractivity contribution < 1.29 is 17.6 Å². The van der Waals surface area contributed by atoms with Crippen LogP contribution in [0.3, 0.4) is 0 Å². The fraction of sp³-hybridized carbons (Fsp3) is 0.389. The van der Waals surface area contributed by atoms with E-state index < -0.39 is 20.9 Å². The lowest BCUT2D eigenvalue weighted by atomic mass is 10.1. The lowest BCUT2D eigenvalue weighted by Gasteiger charge is -2.20. The summed E-state index contributed by atoms with van der Waals surface area (Å²) in [4.78, 5) is 29.9. The molecule has 0 N–H and O–H groups in total. The van der Waals surface area contributed by atoms with Gasteiger partial charge >= 0.3 is 0 Å². The van der Waals surface area contributed by atoms with Crippen LogP contribution in [0.4, 0.5) is 4.39 Å². The van der Waals surface area contributed by atoms with Gasteiger partial charge in [-0.3, -0.25) is 14.2 Å². The van der Waals surface area contributed by atoms with Crippen LogP contribution in [-0.4, -0.2) is 47.6 Å². The highest BCUT2D eigenvalue weighted by molar-refractivity contribution is 7.91. The molecular formula is C18H20FN3O4S. The van der Waals surface area contributed by atoms with E-state index >= 15 is 0 Å². The Balaban J connectivity index is 1.78. The second kappa shape index (κ2) is 7.59. The topological polar surface area (TPSA) is 89.3 Å². The highest BCUT2D eigenvalue weighted by Gasteiger charge is 2.34. The number of rotatable bonds is 3. The monoisotopic (exact) mass is 393 g/mol. The largest absolute Gasteiger partial charge is 0.340 e. The van der Waals surface area contributed by atoms with Crippen LogP contribution >= 0.6 is 0 Å². The summed E-state index contributed by atoms with van der Waals surface area (Å²) in [5.41, 5.74) is 0.338. The van der Waals surface area contributed by atoms with E-state index in [1.807, 2.05) is 0 Å². The van der Waals surface area contributed by atoms with Crippen molar-refractivity contribution in [3.63, 3.8) is 0 Å². The van der Waals surface area contributed by atoms with Crippen molar-refractivity contribution in [3.8, 4) is 0 Å². The maximum Gasteiger partial charge on any atom is 0.253 e. The number of hydrogen-bond donors (Lipinski definition) is 0. The zero-order valence-electron chi connectivity index (χ0n) is 14.8. The Morgan fingerprint density at radius 2 is 2.04 bits per heavy atom. The smallest absolute Gasteiger partial charge is 0.253 e.